The average molecular weight is 503 g/mol. The Bertz CT molecular complexity index is 1220. The Hall–Kier alpha value is -3.07. The van der Waals surface area contributed by atoms with Gasteiger partial charge in [0.1, 0.15) is 6.04 Å². The second-order valence-electron chi connectivity index (χ2n) is 7.66. The molecule has 0 bridgehead atoms. The van der Waals surface area contributed by atoms with Gasteiger partial charge < -0.3 is 14.8 Å². The van der Waals surface area contributed by atoms with Crippen LogP contribution in [0.5, 0.6) is 11.5 Å². The molecule has 34 heavy (non-hydrogen) atoms. The first kappa shape index (κ1) is 25.6. The molecule has 7 nitrogen and oxygen atoms in total. The molecule has 0 fully saturated rings. The van der Waals surface area contributed by atoms with Crippen molar-refractivity contribution in [3.8, 4) is 11.5 Å². The number of benzene rings is 3. The van der Waals surface area contributed by atoms with Gasteiger partial charge in [-0.25, -0.2) is 8.42 Å². The van der Waals surface area contributed by atoms with Crippen molar-refractivity contribution < 1.29 is 22.7 Å². The molecule has 0 aliphatic rings. The average Bonchev–Trinajstić information content (AvgIpc) is 2.83. The Morgan fingerprint density at radius 1 is 0.941 bits per heavy atom. The Morgan fingerprint density at radius 2 is 1.59 bits per heavy atom. The minimum absolute atomic E-state index is 0.0238. The van der Waals surface area contributed by atoms with Crippen molar-refractivity contribution in [2.45, 2.75) is 30.3 Å². The van der Waals surface area contributed by atoms with Crippen molar-refractivity contribution in [1.29, 1.82) is 0 Å². The van der Waals surface area contributed by atoms with Crippen LogP contribution in [0, 0.1) is 0 Å². The van der Waals surface area contributed by atoms with Crippen molar-refractivity contribution >= 4 is 27.5 Å². The van der Waals surface area contributed by atoms with E-state index in [1.165, 1.54) is 31.4 Å². The van der Waals surface area contributed by atoms with Crippen LogP contribution in [-0.4, -0.2) is 34.6 Å². The van der Waals surface area contributed by atoms with Gasteiger partial charge in [0.25, 0.3) is 0 Å². The Labute approximate surface area is 205 Å². The van der Waals surface area contributed by atoms with Crippen LogP contribution in [0.25, 0.3) is 0 Å². The van der Waals surface area contributed by atoms with Crippen molar-refractivity contribution in [1.82, 2.24) is 10.0 Å². The predicted molar refractivity (Wildman–Crippen MR) is 132 cm³/mol. The fraction of sp³-hybridized carbons (Fsp3) is 0.240. The lowest BCUT2D eigenvalue weighted by Gasteiger charge is -2.22. The summed E-state index contributed by atoms with van der Waals surface area (Å²) in [4.78, 5) is 13.3. The quantitative estimate of drug-likeness (QED) is 0.435. The van der Waals surface area contributed by atoms with Crippen LogP contribution < -0.4 is 19.5 Å². The zero-order valence-electron chi connectivity index (χ0n) is 19.1. The second-order valence-corrected chi connectivity index (χ2v) is 9.81. The molecule has 3 aromatic carbocycles. The summed E-state index contributed by atoms with van der Waals surface area (Å²) < 4.78 is 39.1. The van der Waals surface area contributed by atoms with E-state index in [2.05, 4.69) is 10.0 Å². The number of sulfonamides is 1. The van der Waals surface area contributed by atoms with Crippen LogP contribution in [0.15, 0.2) is 77.7 Å². The lowest BCUT2D eigenvalue weighted by molar-refractivity contribution is -0.123. The first-order valence-corrected chi connectivity index (χ1v) is 12.4. The summed E-state index contributed by atoms with van der Waals surface area (Å²) in [5.41, 5.74) is 1.60. The molecule has 1 amide bonds. The molecular weight excluding hydrogens is 476 g/mol. The zero-order chi connectivity index (χ0) is 24.7. The van der Waals surface area contributed by atoms with Crippen molar-refractivity contribution in [3.05, 3.63) is 88.9 Å². The predicted octanol–water partition coefficient (Wildman–Crippen LogP) is 4.12. The van der Waals surface area contributed by atoms with E-state index < -0.39 is 28.0 Å². The van der Waals surface area contributed by atoms with Gasteiger partial charge in [-0.15, -0.1) is 0 Å². The number of amides is 1. The maximum absolute atomic E-state index is 13.3. The fourth-order valence-electron chi connectivity index (χ4n) is 3.43. The molecule has 3 aromatic rings. The molecule has 0 unspecified atom stereocenters. The number of hydrogen-bond acceptors (Lipinski definition) is 5. The normalized spacial score (nSPS) is 13.1. The van der Waals surface area contributed by atoms with Crippen LogP contribution in [0.2, 0.25) is 5.02 Å². The molecule has 2 N–H and O–H groups in total. The van der Waals surface area contributed by atoms with Gasteiger partial charge in [0.05, 0.1) is 25.2 Å². The molecule has 0 aliphatic heterocycles. The van der Waals surface area contributed by atoms with Crippen molar-refractivity contribution in [3.63, 3.8) is 0 Å². The summed E-state index contributed by atoms with van der Waals surface area (Å²) in [6.07, 6.45) is 0.179. The second kappa shape index (κ2) is 11.4. The highest BCUT2D eigenvalue weighted by atomic mass is 35.5. The Kier molecular flexibility index (Phi) is 8.55. The minimum atomic E-state index is -3.97. The molecule has 0 radical (unpaired) electrons. The van der Waals surface area contributed by atoms with Crippen LogP contribution >= 0.6 is 11.6 Å². The number of carbonyl (C=O) groups excluding carboxylic acids is 1. The minimum Gasteiger partial charge on any atom is -0.493 e. The molecule has 2 atom stereocenters. The summed E-state index contributed by atoms with van der Waals surface area (Å²) in [6, 6.07) is 18.9. The van der Waals surface area contributed by atoms with E-state index in [0.29, 0.717) is 16.5 Å². The van der Waals surface area contributed by atoms with Gasteiger partial charge in [0.2, 0.25) is 15.9 Å². The fourth-order valence-corrected chi connectivity index (χ4v) is 4.75. The smallest absolute Gasteiger partial charge is 0.241 e. The SMILES string of the molecule is COc1ccc([C@H](C)NC(=O)[C@H](Cc2ccccc2)NS(=O)(=O)c2ccc(Cl)cc2)cc1OC. The van der Waals surface area contributed by atoms with Gasteiger partial charge >= 0.3 is 0 Å². The third-order valence-corrected chi connectivity index (χ3v) is 7.03. The van der Waals surface area contributed by atoms with E-state index in [1.807, 2.05) is 43.3 Å². The molecule has 0 spiro atoms. The maximum Gasteiger partial charge on any atom is 0.241 e. The lowest BCUT2D eigenvalue weighted by atomic mass is 10.0. The monoisotopic (exact) mass is 502 g/mol. The highest BCUT2D eigenvalue weighted by Crippen LogP contribution is 2.30. The highest BCUT2D eigenvalue weighted by Gasteiger charge is 2.27. The first-order chi connectivity index (χ1) is 16.2. The number of ether oxygens (including phenoxy) is 2. The summed E-state index contributed by atoms with van der Waals surface area (Å²) in [7, 11) is -0.888. The van der Waals surface area contributed by atoms with E-state index >= 15 is 0 Å². The van der Waals surface area contributed by atoms with E-state index in [9.17, 15) is 13.2 Å². The van der Waals surface area contributed by atoms with E-state index in [4.69, 9.17) is 21.1 Å². The Balaban J connectivity index is 1.83. The molecule has 180 valence electrons. The lowest BCUT2D eigenvalue weighted by Crippen LogP contribution is -2.48. The van der Waals surface area contributed by atoms with Gasteiger partial charge in [0, 0.05) is 5.02 Å². The summed E-state index contributed by atoms with van der Waals surface area (Å²) in [5, 5.41) is 3.32. The van der Waals surface area contributed by atoms with E-state index in [1.54, 1.807) is 19.2 Å². The topological polar surface area (TPSA) is 93.7 Å². The standard InChI is InChI=1S/C25H27ClN2O5S/c1-17(19-9-14-23(32-2)24(16-19)33-3)27-25(29)22(15-18-7-5-4-6-8-18)28-34(30,31)21-12-10-20(26)11-13-21/h4-14,16-17,22,28H,15H2,1-3H3,(H,27,29)/t17-,22-/m0/s1. The number of halogens is 1. The number of hydrogen-bond donors (Lipinski definition) is 2. The number of rotatable bonds is 10. The van der Waals surface area contributed by atoms with Gasteiger partial charge in [-0.3, -0.25) is 4.79 Å². The van der Waals surface area contributed by atoms with Gasteiger partial charge in [0.15, 0.2) is 11.5 Å². The number of carbonyl (C=O) groups is 1. The van der Waals surface area contributed by atoms with Crippen LogP contribution in [0.3, 0.4) is 0 Å². The molecule has 0 heterocycles. The largest absolute Gasteiger partial charge is 0.493 e. The number of methoxy groups -OCH3 is 2. The van der Waals surface area contributed by atoms with E-state index in [-0.39, 0.29) is 11.3 Å². The van der Waals surface area contributed by atoms with Crippen LogP contribution in [-0.2, 0) is 21.2 Å². The number of nitrogens with one attached hydrogen (secondary N) is 2. The Morgan fingerprint density at radius 3 is 2.21 bits per heavy atom. The third-order valence-electron chi connectivity index (χ3n) is 5.29. The van der Waals surface area contributed by atoms with Crippen molar-refractivity contribution in [2.24, 2.45) is 0 Å². The van der Waals surface area contributed by atoms with Gasteiger partial charge in [-0.05, 0) is 60.9 Å². The summed E-state index contributed by atoms with van der Waals surface area (Å²) in [6.45, 7) is 1.81. The van der Waals surface area contributed by atoms with Crippen LogP contribution in [0.4, 0.5) is 0 Å². The van der Waals surface area contributed by atoms with Gasteiger partial charge in [-0.1, -0.05) is 48.0 Å². The maximum atomic E-state index is 13.3. The first-order valence-electron chi connectivity index (χ1n) is 10.6. The molecule has 9 heteroatoms. The third kappa shape index (κ3) is 6.50. The highest BCUT2D eigenvalue weighted by molar-refractivity contribution is 7.89. The summed E-state index contributed by atoms with van der Waals surface area (Å²) >= 11 is 5.89. The molecular formula is C25H27ClN2O5S. The molecule has 3 rings (SSSR count). The van der Waals surface area contributed by atoms with Crippen LogP contribution in [0.1, 0.15) is 24.1 Å². The molecule has 0 aliphatic carbocycles. The van der Waals surface area contributed by atoms with Gasteiger partial charge in [-0.2, -0.15) is 4.72 Å². The molecule has 0 saturated heterocycles. The summed E-state index contributed by atoms with van der Waals surface area (Å²) in [5.74, 6) is 0.650. The molecule has 0 saturated carbocycles. The van der Waals surface area contributed by atoms with E-state index in [0.717, 1.165) is 11.1 Å². The zero-order valence-corrected chi connectivity index (χ0v) is 20.7. The molecule has 0 aromatic heterocycles. The van der Waals surface area contributed by atoms with Crippen molar-refractivity contribution in [2.75, 3.05) is 14.2 Å².